The van der Waals surface area contributed by atoms with Crippen LogP contribution in [0, 0.1) is 0 Å². The molecule has 0 amide bonds. The van der Waals surface area contributed by atoms with Gasteiger partial charge in [0.1, 0.15) is 23.0 Å². The second-order valence-electron chi connectivity index (χ2n) is 10.3. The molecule has 0 saturated carbocycles. The number of aliphatic hydroxyl groups is 1. The van der Waals surface area contributed by atoms with E-state index in [0.29, 0.717) is 39.3 Å². The summed E-state index contributed by atoms with van der Waals surface area (Å²) in [6.07, 6.45) is 4.02. The van der Waals surface area contributed by atoms with E-state index in [1.54, 1.807) is 107 Å². The summed E-state index contributed by atoms with van der Waals surface area (Å²) in [5.41, 5.74) is 3.59. The molecular weight excluding hydrogens is 572 g/mol. The Balaban J connectivity index is 2.10. The van der Waals surface area contributed by atoms with Gasteiger partial charge in [-0.05, 0) is 87.7 Å². The molecule has 8 nitrogen and oxygen atoms in total. The lowest BCUT2D eigenvalue weighted by molar-refractivity contribution is -0.131. The van der Waals surface area contributed by atoms with Gasteiger partial charge in [0.15, 0.2) is 0 Å². The predicted molar refractivity (Wildman–Crippen MR) is 175 cm³/mol. The van der Waals surface area contributed by atoms with Crippen LogP contribution < -0.4 is 18.9 Å². The maximum absolute atomic E-state index is 12.8. The maximum atomic E-state index is 12.8. The quantitative estimate of drug-likeness (QED) is 0.0558. The highest BCUT2D eigenvalue weighted by atomic mass is 16.6. The van der Waals surface area contributed by atoms with Gasteiger partial charge >= 0.3 is 17.9 Å². The largest absolute Gasteiger partial charge is 0.461 e. The first-order chi connectivity index (χ1) is 21.3. The van der Waals surface area contributed by atoms with Crippen LogP contribution in [0.1, 0.15) is 45.7 Å². The van der Waals surface area contributed by atoms with Crippen molar-refractivity contribution in [3.63, 3.8) is 0 Å². The summed E-state index contributed by atoms with van der Waals surface area (Å²) in [7, 11) is 0. The van der Waals surface area contributed by atoms with Crippen LogP contribution in [-0.4, -0.2) is 29.3 Å². The Morgan fingerprint density at radius 2 is 1.27 bits per heavy atom. The molecule has 1 N–H and O–H groups in total. The summed E-state index contributed by atoms with van der Waals surface area (Å²) in [4.78, 5) is 37.4. The molecule has 45 heavy (non-hydrogen) atoms. The Bertz CT molecular complexity index is 1690. The first-order valence-corrected chi connectivity index (χ1v) is 14.0. The van der Waals surface area contributed by atoms with E-state index in [1.807, 2.05) is 0 Å². The van der Waals surface area contributed by atoms with Crippen molar-refractivity contribution in [2.24, 2.45) is 0 Å². The average Bonchev–Trinajstić information content (AvgIpc) is 3.01. The number of aliphatic hydroxyl groups excluding tert-OH is 1. The van der Waals surface area contributed by atoms with Crippen LogP contribution in [0.25, 0.3) is 23.3 Å². The lowest BCUT2D eigenvalue weighted by atomic mass is 10.0. The fourth-order valence-corrected chi connectivity index (χ4v) is 3.56. The Kier molecular flexibility index (Phi) is 11.6. The molecule has 3 aromatic rings. The normalized spacial score (nSPS) is 11.8. The van der Waals surface area contributed by atoms with Crippen molar-refractivity contribution in [1.29, 1.82) is 0 Å². The van der Waals surface area contributed by atoms with Crippen LogP contribution >= 0.6 is 0 Å². The minimum absolute atomic E-state index is 0.189. The Morgan fingerprint density at radius 1 is 0.711 bits per heavy atom. The molecule has 0 aliphatic heterocycles. The lowest BCUT2D eigenvalue weighted by Gasteiger charge is -2.16. The number of ether oxygens (including phenoxy) is 4. The maximum Gasteiger partial charge on any atom is 0.338 e. The number of esters is 3. The van der Waals surface area contributed by atoms with Gasteiger partial charge < -0.3 is 24.1 Å². The molecule has 3 rings (SSSR count). The van der Waals surface area contributed by atoms with Gasteiger partial charge in [-0.25, -0.2) is 14.4 Å². The molecule has 3 aromatic carbocycles. The van der Waals surface area contributed by atoms with Crippen LogP contribution in [0.4, 0.5) is 0 Å². The van der Waals surface area contributed by atoms with E-state index in [9.17, 15) is 19.5 Å². The molecule has 0 heterocycles. The number of carbonyl (C=O) groups is 3. The molecule has 1 atom stereocenters. The summed E-state index contributed by atoms with van der Waals surface area (Å²) in [6, 6.07) is 16.7. The van der Waals surface area contributed by atoms with Crippen LogP contribution in [0.15, 0.2) is 109 Å². The van der Waals surface area contributed by atoms with Crippen LogP contribution in [0.2, 0.25) is 0 Å². The molecular formula is C37H36O8. The number of hydrogen-bond acceptors (Lipinski definition) is 8. The van der Waals surface area contributed by atoms with E-state index in [4.69, 9.17) is 18.9 Å². The number of allylic oxidation sites excluding steroid dienone is 1. The van der Waals surface area contributed by atoms with Crippen molar-refractivity contribution in [1.82, 2.24) is 0 Å². The second-order valence-corrected chi connectivity index (χ2v) is 10.3. The third-order valence-corrected chi connectivity index (χ3v) is 6.35. The highest BCUT2D eigenvalue weighted by Gasteiger charge is 2.19. The highest BCUT2D eigenvalue weighted by molar-refractivity contribution is 5.93. The van der Waals surface area contributed by atoms with Gasteiger partial charge in [-0.15, -0.1) is 0 Å². The standard InChI is InChI=1S/C37H36O8/c1-9-25(8)37(41)44-32-21-31(27-14-18-30(19-15-27)43-35(39)23(4)5)33(45-36(40)24(6)7)20-28(32)13-10-26-11-16-29(17-12-26)42-34(38)22(2)3/h9-21,34,38H,2,4,6H2,1,3,5,7-8H3/b13-10+,25-9-. The minimum atomic E-state index is -1.12. The summed E-state index contributed by atoms with van der Waals surface area (Å²) in [5, 5.41) is 9.91. The van der Waals surface area contributed by atoms with E-state index in [-0.39, 0.29) is 22.6 Å². The van der Waals surface area contributed by atoms with Gasteiger partial charge in [0, 0.05) is 27.8 Å². The van der Waals surface area contributed by atoms with E-state index in [1.165, 1.54) is 6.92 Å². The molecule has 0 saturated heterocycles. The third kappa shape index (κ3) is 9.51. The van der Waals surface area contributed by atoms with Gasteiger partial charge in [0.2, 0.25) is 6.29 Å². The van der Waals surface area contributed by atoms with Crippen molar-refractivity contribution in [3.8, 4) is 34.1 Å². The average molecular weight is 609 g/mol. The van der Waals surface area contributed by atoms with Crippen LogP contribution in [-0.2, 0) is 14.4 Å². The summed E-state index contributed by atoms with van der Waals surface area (Å²) >= 11 is 0. The summed E-state index contributed by atoms with van der Waals surface area (Å²) in [6.45, 7) is 19.0. The monoisotopic (exact) mass is 608 g/mol. The van der Waals surface area contributed by atoms with Crippen molar-refractivity contribution in [3.05, 3.63) is 120 Å². The number of hydrogen-bond donors (Lipinski definition) is 1. The fourth-order valence-electron chi connectivity index (χ4n) is 3.56. The summed E-state index contributed by atoms with van der Waals surface area (Å²) in [5.74, 6) is -0.593. The lowest BCUT2D eigenvalue weighted by Crippen LogP contribution is -2.15. The second kappa shape index (κ2) is 15.3. The molecule has 8 heteroatoms. The molecule has 0 bridgehead atoms. The molecule has 0 spiro atoms. The van der Waals surface area contributed by atoms with Gasteiger partial charge in [0.05, 0.1) is 0 Å². The van der Waals surface area contributed by atoms with Crippen molar-refractivity contribution in [2.45, 2.75) is 40.9 Å². The summed E-state index contributed by atoms with van der Waals surface area (Å²) < 4.78 is 22.2. The first-order valence-electron chi connectivity index (χ1n) is 14.0. The van der Waals surface area contributed by atoms with Crippen molar-refractivity contribution >= 4 is 30.1 Å². The van der Waals surface area contributed by atoms with E-state index >= 15 is 0 Å². The third-order valence-electron chi connectivity index (χ3n) is 6.35. The molecule has 0 aliphatic carbocycles. The van der Waals surface area contributed by atoms with Crippen molar-refractivity contribution in [2.75, 3.05) is 0 Å². The Hall–Kier alpha value is -5.47. The van der Waals surface area contributed by atoms with E-state index < -0.39 is 24.2 Å². The highest BCUT2D eigenvalue weighted by Crippen LogP contribution is 2.39. The van der Waals surface area contributed by atoms with E-state index in [0.717, 1.165) is 5.56 Å². The van der Waals surface area contributed by atoms with Gasteiger partial charge in [-0.1, -0.05) is 62.2 Å². The number of benzene rings is 3. The Morgan fingerprint density at radius 3 is 1.82 bits per heavy atom. The Labute approximate surface area is 263 Å². The molecule has 0 aromatic heterocycles. The first kappa shape index (κ1) is 34.0. The minimum Gasteiger partial charge on any atom is -0.461 e. The van der Waals surface area contributed by atoms with E-state index in [2.05, 4.69) is 19.7 Å². The molecule has 1 unspecified atom stereocenters. The predicted octanol–water partition coefficient (Wildman–Crippen LogP) is 7.63. The van der Waals surface area contributed by atoms with Crippen LogP contribution in [0.3, 0.4) is 0 Å². The van der Waals surface area contributed by atoms with Crippen molar-refractivity contribution < 1.29 is 38.4 Å². The van der Waals surface area contributed by atoms with Gasteiger partial charge in [-0.2, -0.15) is 0 Å². The van der Waals surface area contributed by atoms with Gasteiger partial charge in [0.25, 0.3) is 0 Å². The molecule has 0 fully saturated rings. The van der Waals surface area contributed by atoms with Crippen LogP contribution in [0.5, 0.6) is 23.0 Å². The zero-order valence-electron chi connectivity index (χ0n) is 26.0. The zero-order chi connectivity index (χ0) is 33.3. The topological polar surface area (TPSA) is 108 Å². The molecule has 0 radical (unpaired) electrons. The molecule has 232 valence electrons. The SMILES string of the molecule is C=C(C)C(=O)Oc1ccc(-c2cc(OC(=O)/C(C)=C\C)c(/C=C/c3ccc(OC(O)C(=C)C)cc3)cc2OC(=O)C(=C)C)cc1. The fraction of sp³-hybridized carbons (Fsp3) is 0.162. The van der Waals surface area contributed by atoms with Gasteiger partial charge in [-0.3, -0.25) is 0 Å². The smallest absolute Gasteiger partial charge is 0.338 e. The number of carbonyl (C=O) groups excluding carboxylic acids is 3. The zero-order valence-corrected chi connectivity index (χ0v) is 26.0. The molecule has 0 aliphatic rings. The number of rotatable bonds is 12.